The second-order valence-corrected chi connectivity index (χ2v) is 3.89. The molecule has 0 aliphatic heterocycles. The third-order valence-electron chi connectivity index (χ3n) is 2.73. The lowest BCUT2D eigenvalue weighted by Crippen LogP contribution is -2.24. The van der Waals surface area contributed by atoms with Gasteiger partial charge in [-0.2, -0.15) is 14.6 Å². The minimum absolute atomic E-state index is 0.0227. The first kappa shape index (κ1) is 11.8. The molecule has 0 aromatic carbocycles. The number of rotatable bonds is 5. The van der Waals surface area contributed by atoms with Gasteiger partial charge in [0.1, 0.15) is 12.1 Å². The first-order valence-electron chi connectivity index (χ1n) is 5.85. The van der Waals surface area contributed by atoms with Crippen LogP contribution in [0.4, 0.5) is 5.82 Å². The van der Waals surface area contributed by atoms with Crippen molar-refractivity contribution < 1.29 is 5.11 Å². The number of nitrogens with one attached hydrogen (secondary N) is 1. The summed E-state index contributed by atoms with van der Waals surface area (Å²) in [6.07, 6.45) is 3.16. The van der Waals surface area contributed by atoms with Gasteiger partial charge in [0.25, 0.3) is 5.78 Å². The van der Waals surface area contributed by atoms with E-state index in [9.17, 15) is 5.11 Å². The Labute approximate surface area is 99.7 Å². The number of nitrogens with zero attached hydrogens (tertiary/aromatic N) is 4. The summed E-state index contributed by atoms with van der Waals surface area (Å²) in [7, 11) is 0. The van der Waals surface area contributed by atoms with Crippen molar-refractivity contribution in [3.8, 4) is 0 Å². The van der Waals surface area contributed by atoms with Crippen molar-refractivity contribution in [2.24, 2.45) is 0 Å². The van der Waals surface area contributed by atoms with Gasteiger partial charge in [0.2, 0.25) is 0 Å². The largest absolute Gasteiger partial charge is 0.394 e. The molecular weight excluding hydrogens is 218 g/mol. The second kappa shape index (κ2) is 5.09. The quantitative estimate of drug-likeness (QED) is 0.804. The third-order valence-corrected chi connectivity index (χ3v) is 2.73. The summed E-state index contributed by atoms with van der Waals surface area (Å²) < 4.78 is 1.65. The lowest BCUT2D eigenvalue weighted by molar-refractivity contribution is 0.271. The van der Waals surface area contributed by atoms with Crippen LogP contribution in [-0.2, 0) is 6.42 Å². The summed E-state index contributed by atoms with van der Waals surface area (Å²) in [4.78, 5) is 8.45. The van der Waals surface area contributed by atoms with Gasteiger partial charge < -0.3 is 10.4 Å². The summed E-state index contributed by atoms with van der Waals surface area (Å²) in [5.41, 5.74) is 0.959. The molecule has 0 aliphatic rings. The van der Waals surface area contributed by atoms with E-state index in [2.05, 4.69) is 20.4 Å². The number of anilines is 1. The van der Waals surface area contributed by atoms with Crippen LogP contribution in [0.1, 0.15) is 26.0 Å². The smallest absolute Gasteiger partial charge is 0.254 e. The Morgan fingerprint density at radius 2 is 2.29 bits per heavy atom. The van der Waals surface area contributed by atoms with Crippen molar-refractivity contribution >= 4 is 11.6 Å². The fraction of sp³-hybridized carbons (Fsp3) is 0.545. The van der Waals surface area contributed by atoms with E-state index in [1.54, 1.807) is 4.52 Å². The molecule has 2 aromatic heterocycles. The number of aliphatic hydroxyl groups is 1. The Kier molecular flexibility index (Phi) is 3.53. The molecule has 2 heterocycles. The van der Waals surface area contributed by atoms with Crippen molar-refractivity contribution in [3.05, 3.63) is 18.1 Å². The topological polar surface area (TPSA) is 75.3 Å². The highest BCUT2D eigenvalue weighted by Gasteiger charge is 2.10. The predicted octanol–water partition coefficient (Wildman–Crippen LogP) is 0.869. The first-order chi connectivity index (χ1) is 8.28. The molecule has 1 atom stereocenters. The van der Waals surface area contributed by atoms with Gasteiger partial charge >= 0.3 is 0 Å². The van der Waals surface area contributed by atoms with E-state index in [0.29, 0.717) is 5.78 Å². The van der Waals surface area contributed by atoms with E-state index in [1.807, 2.05) is 19.9 Å². The van der Waals surface area contributed by atoms with Crippen LogP contribution in [0.25, 0.3) is 5.78 Å². The molecule has 6 heteroatoms. The maximum Gasteiger partial charge on any atom is 0.254 e. The van der Waals surface area contributed by atoms with Gasteiger partial charge in [0.05, 0.1) is 12.6 Å². The van der Waals surface area contributed by atoms with Crippen LogP contribution in [0.5, 0.6) is 0 Å². The SMILES string of the molecule is CCc1cc(N[C@@H](CC)CO)n2ncnc2n1. The van der Waals surface area contributed by atoms with Crippen LogP contribution in [0.15, 0.2) is 12.4 Å². The molecule has 0 unspecified atom stereocenters. The lowest BCUT2D eigenvalue weighted by atomic mass is 10.2. The highest BCUT2D eigenvalue weighted by atomic mass is 16.3. The molecule has 92 valence electrons. The standard InChI is InChI=1S/C11H17N5O/c1-3-8-5-10(14-9(4-2)6-17)16-11(15-8)12-7-13-16/h5,7,9,14,17H,3-4,6H2,1-2H3/t9-/m0/s1. The Hall–Kier alpha value is -1.69. The van der Waals surface area contributed by atoms with Gasteiger partial charge in [0.15, 0.2) is 0 Å². The molecule has 0 radical (unpaired) electrons. The summed E-state index contributed by atoms with van der Waals surface area (Å²) in [6, 6.07) is 1.97. The van der Waals surface area contributed by atoms with Gasteiger partial charge in [-0.05, 0) is 12.8 Å². The molecular formula is C11H17N5O. The van der Waals surface area contributed by atoms with Crippen LogP contribution >= 0.6 is 0 Å². The van der Waals surface area contributed by atoms with E-state index in [0.717, 1.165) is 24.4 Å². The van der Waals surface area contributed by atoms with Crippen molar-refractivity contribution in [1.29, 1.82) is 0 Å². The molecule has 6 nitrogen and oxygen atoms in total. The maximum absolute atomic E-state index is 9.21. The van der Waals surface area contributed by atoms with Crippen LogP contribution in [0, 0.1) is 0 Å². The molecule has 2 rings (SSSR count). The number of aryl methyl sites for hydroxylation is 1. The highest BCUT2D eigenvalue weighted by molar-refractivity contribution is 5.45. The Bertz CT molecular complexity index is 492. The fourth-order valence-corrected chi connectivity index (χ4v) is 1.63. The average Bonchev–Trinajstić information content (AvgIpc) is 2.83. The highest BCUT2D eigenvalue weighted by Crippen LogP contribution is 2.13. The molecule has 0 saturated carbocycles. The normalized spacial score (nSPS) is 12.9. The maximum atomic E-state index is 9.21. The minimum Gasteiger partial charge on any atom is -0.394 e. The van der Waals surface area contributed by atoms with E-state index in [-0.39, 0.29) is 12.6 Å². The fourth-order valence-electron chi connectivity index (χ4n) is 1.63. The zero-order chi connectivity index (χ0) is 12.3. The zero-order valence-corrected chi connectivity index (χ0v) is 10.1. The van der Waals surface area contributed by atoms with Crippen molar-refractivity contribution in [2.45, 2.75) is 32.7 Å². The Morgan fingerprint density at radius 1 is 1.47 bits per heavy atom. The first-order valence-corrected chi connectivity index (χ1v) is 5.85. The lowest BCUT2D eigenvalue weighted by Gasteiger charge is -2.16. The Morgan fingerprint density at radius 3 is 2.94 bits per heavy atom. The second-order valence-electron chi connectivity index (χ2n) is 3.89. The number of fused-ring (bicyclic) bond motifs is 1. The van der Waals surface area contributed by atoms with Crippen molar-refractivity contribution in [1.82, 2.24) is 19.6 Å². The average molecular weight is 235 g/mol. The van der Waals surface area contributed by atoms with Gasteiger partial charge in [0, 0.05) is 11.8 Å². The molecule has 0 saturated heterocycles. The molecule has 2 aromatic rings. The number of aromatic nitrogens is 4. The number of hydrogen-bond donors (Lipinski definition) is 2. The van der Waals surface area contributed by atoms with Gasteiger partial charge in [-0.1, -0.05) is 13.8 Å². The summed E-state index contributed by atoms with van der Waals surface area (Å²) in [6.45, 7) is 4.16. The minimum atomic E-state index is 0.0227. The molecule has 0 aliphatic carbocycles. The predicted molar refractivity (Wildman–Crippen MR) is 64.9 cm³/mol. The zero-order valence-electron chi connectivity index (χ0n) is 10.1. The summed E-state index contributed by atoms with van der Waals surface area (Å²) in [5, 5.41) is 16.6. The van der Waals surface area contributed by atoms with Crippen LogP contribution in [0.3, 0.4) is 0 Å². The molecule has 2 N–H and O–H groups in total. The number of hydrogen-bond acceptors (Lipinski definition) is 5. The van der Waals surface area contributed by atoms with Gasteiger partial charge in [-0.15, -0.1) is 0 Å². The summed E-state index contributed by atoms with van der Waals surface area (Å²) in [5.74, 6) is 1.41. The van der Waals surface area contributed by atoms with E-state index < -0.39 is 0 Å². The van der Waals surface area contributed by atoms with E-state index in [4.69, 9.17) is 0 Å². The van der Waals surface area contributed by atoms with Crippen LogP contribution < -0.4 is 5.32 Å². The van der Waals surface area contributed by atoms with E-state index >= 15 is 0 Å². The van der Waals surface area contributed by atoms with Gasteiger partial charge in [-0.3, -0.25) is 0 Å². The molecule has 17 heavy (non-hydrogen) atoms. The van der Waals surface area contributed by atoms with Gasteiger partial charge in [-0.25, -0.2) is 4.98 Å². The van der Waals surface area contributed by atoms with Crippen LogP contribution in [-0.4, -0.2) is 37.3 Å². The molecule has 0 spiro atoms. The third kappa shape index (κ3) is 2.36. The van der Waals surface area contributed by atoms with Crippen molar-refractivity contribution in [2.75, 3.05) is 11.9 Å². The Balaban J connectivity index is 2.39. The number of aliphatic hydroxyl groups excluding tert-OH is 1. The van der Waals surface area contributed by atoms with Crippen molar-refractivity contribution in [3.63, 3.8) is 0 Å². The molecule has 0 amide bonds. The monoisotopic (exact) mass is 235 g/mol. The van der Waals surface area contributed by atoms with E-state index in [1.165, 1.54) is 6.33 Å². The summed E-state index contributed by atoms with van der Waals surface area (Å²) >= 11 is 0. The van der Waals surface area contributed by atoms with Crippen LogP contribution in [0.2, 0.25) is 0 Å². The molecule has 0 fully saturated rings. The molecule has 0 bridgehead atoms.